The zero-order valence-electron chi connectivity index (χ0n) is 14.2. The largest absolute Gasteiger partial charge is 0.465 e. The summed E-state index contributed by atoms with van der Waals surface area (Å²) in [4.78, 5) is 12.3. The highest BCUT2D eigenvalue weighted by Gasteiger charge is 2.42. The quantitative estimate of drug-likeness (QED) is 0.598. The van der Waals surface area contributed by atoms with E-state index in [1.165, 1.54) is 6.20 Å². The number of methoxy groups -OCH3 is 1. The molecule has 0 spiro atoms. The molecule has 1 heterocycles. The number of alkyl halides is 3. The van der Waals surface area contributed by atoms with E-state index in [0.29, 0.717) is 16.8 Å². The van der Waals surface area contributed by atoms with Gasteiger partial charge in [-0.25, -0.2) is 4.79 Å². The molecule has 0 saturated heterocycles. The Bertz CT molecular complexity index is 943. The lowest BCUT2D eigenvalue weighted by Gasteiger charge is -2.15. The molecule has 1 aromatic heterocycles. The van der Waals surface area contributed by atoms with E-state index in [1.807, 2.05) is 0 Å². The van der Waals surface area contributed by atoms with Crippen LogP contribution in [0, 0.1) is 6.92 Å². The van der Waals surface area contributed by atoms with Crippen molar-refractivity contribution in [1.29, 1.82) is 0 Å². The van der Waals surface area contributed by atoms with Gasteiger partial charge in [-0.15, -0.1) is 0 Å². The Morgan fingerprint density at radius 3 is 2.19 bits per heavy atom. The fourth-order valence-corrected chi connectivity index (χ4v) is 2.95. The summed E-state index contributed by atoms with van der Waals surface area (Å²) in [6.45, 7) is 1.72. The maximum Gasteiger partial charge on any atom is 0.432 e. The molecule has 0 bridgehead atoms. The van der Waals surface area contributed by atoms with E-state index in [4.69, 9.17) is 0 Å². The standard InChI is InChI=1S/C20H16F3NO2/c1-13-8-6-7-11-16(13)24-12-15(14-9-4-3-5-10-14)17(19(25)26-2)18(24)20(21,22)23/h3-12H,1-2H3. The van der Waals surface area contributed by atoms with E-state index < -0.39 is 23.4 Å². The number of esters is 1. The Morgan fingerprint density at radius 1 is 1.00 bits per heavy atom. The van der Waals surface area contributed by atoms with Crippen molar-refractivity contribution in [3.8, 4) is 16.8 Å². The highest BCUT2D eigenvalue weighted by atomic mass is 19.4. The lowest BCUT2D eigenvalue weighted by molar-refractivity contribution is -0.142. The number of rotatable bonds is 3. The molecular formula is C20H16F3NO2. The first-order chi connectivity index (χ1) is 12.3. The molecule has 26 heavy (non-hydrogen) atoms. The topological polar surface area (TPSA) is 31.2 Å². The Labute approximate surface area is 148 Å². The van der Waals surface area contributed by atoms with Gasteiger partial charge in [-0.1, -0.05) is 48.5 Å². The zero-order chi connectivity index (χ0) is 18.9. The number of aromatic nitrogens is 1. The van der Waals surface area contributed by atoms with E-state index in [0.717, 1.165) is 11.7 Å². The van der Waals surface area contributed by atoms with E-state index in [9.17, 15) is 18.0 Å². The van der Waals surface area contributed by atoms with Crippen molar-refractivity contribution in [2.24, 2.45) is 0 Å². The third kappa shape index (κ3) is 3.10. The monoisotopic (exact) mass is 359 g/mol. The number of aryl methyl sites for hydroxylation is 1. The van der Waals surface area contributed by atoms with Crippen molar-refractivity contribution in [3.05, 3.63) is 77.6 Å². The molecule has 0 aliphatic carbocycles. The van der Waals surface area contributed by atoms with E-state index >= 15 is 0 Å². The summed E-state index contributed by atoms with van der Waals surface area (Å²) in [6, 6.07) is 15.2. The molecule has 134 valence electrons. The number of carbonyl (C=O) groups excluding carboxylic acids is 1. The number of ether oxygens (including phenoxy) is 1. The van der Waals surface area contributed by atoms with Gasteiger partial charge in [-0.05, 0) is 24.1 Å². The number of halogens is 3. The first-order valence-electron chi connectivity index (χ1n) is 7.87. The molecule has 3 nitrogen and oxygen atoms in total. The molecule has 0 saturated carbocycles. The predicted molar refractivity (Wildman–Crippen MR) is 92.3 cm³/mol. The van der Waals surface area contributed by atoms with Crippen LogP contribution in [-0.4, -0.2) is 17.6 Å². The summed E-state index contributed by atoms with van der Waals surface area (Å²) >= 11 is 0. The molecule has 0 atom stereocenters. The zero-order valence-corrected chi connectivity index (χ0v) is 14.2. The maximum atomic E-state index is 13.9. The highest BCUT2D eigenvalue weighted by Crippen LogP contribution is 2.40. The van der Waals surface area contributed by atoms with Gasteiger partial charge >= 0.3 is 12.1 Å². The fourth-order valence-electron chi connectivity index (χ4n) is 2.95. The molecule has 0 N–H and O–H groups in total. The Hall–Kier alpha value is -3.02. The van der Waals surface area contributed by atoms with Crippen LogP contribution in [0.1, 0.15) is 21.6 Å². The number of nitrogens with zero attached hydrogens (tertiary/aromatic N) is 1. The first kappa shape index (κ1) is 17.8. The number of carbonyl (C=O) groups is 1. The van der Waals surface area contributed by atoms with Crippen molar-refractivity contribution in [3.63, 3.8) is 0 Å². The lowest BCUT2D eigenvalue weighted by Crippen LogP contribution is -2.18. The van der Waals surface area contributed by atoms with Crippen LogP contribution in [-0.2, 0) is 10.9 Å². The number of para-hydroxylation sites is 1. The summed E-state index contributed by atoms with van der Waals surface area (Å²) in [7, 11) is 1.07. The summed E-state index contributed by atoms with van der Waals surface area (Å²) < 4.78 is 47.4. The van der Waals surface area contributed by atoms with Gasteiger partial charge in [0.05, 0.1) is 12.7 Å². The van der Waals surface area contributed by atoms with E-state index in [1.54, 1.807) is 61.5 Å². The summed E-state index contributed by atoms with van der Waals surface area (Å²) in [5.74, 6) is -1.02. The normalized spacial score (nSPS) is 11.4. The SMILES string of the molecule is COC(=O)c1c(-c2ccccc2)cn(-c2ccccc2C)c1C(F)(F)F. The molecule has 0 aliphatic rings. The van der Waals surface area contributed by atoms with Crippen molar-refractivity contribution in [2.75, 3.05) is 7.11 Å². The summed E-state index contributed by atoms with van der Waals surface area (Å²) in [5, 5.41) is 0. The number of hydrogen-bond donors (Lipinski definition) is 0. The predicted octanol–water partition coefficient (Wildman–Crippen LogP) is 5.26. The molecule has 0 amide bonds. The third-order valence-electron chi connectivity index (χ3n) is 4.12. The molecule has 0 unspecified atom stereocenters. The van der Waals surface area contributed by atoms with Crippen LogP contribution in [0.3, 0.4) is 0 Å². The fraction of sp³-hybridized carbons (Fsp3) is 0.150. The Morgan fingerprint density at radius 2 is 1.62 bits per heavy atom. The van der Waals surface area contributed by atoms with E-state index in [-0.39, 0.29) is 5.56 Å². The van der Waals surface area contributed by atoms with Crippen molar-refractivity contribution in [1.82, 2.24) is 4.57 Å². The van der Waals surface area contributed by atoms with Crippen LogP contribution in [0.5, 0.6) is 0 Å². The van der Waals surface area contributed by atoms with Gasteiger partial charge in [0.1, 0.15) is 5.69 Å². The summed E-state index contributed by atoms with van der Waals surface area (Å²) in [5.41, 5.74) is 0.155. The van der Waals surface area contributed by atoms with Crippen molar-refractivity contribution >= 4 is 5.97 Å². The van der Waals surface area contributed by atoms with Crippen LogP contribution in [0.4, 0.5) is 13.2 Å². The van der Waals surface area contributed by atoms with Gasteiger partial charge in [0.2, 0.25) is 0 Å². The van der Waals surface area contributed by atoms with Crippen molar-refractivity contribution in [2.45, 2.75) is 13.1 Å². The first-order valence-corrected chi connectivity index (χ1v) is 7.87. The summed E-state index contributed by atoms with van der Waals surface area (Å²) in [6.07, 6.45) is -3.40. The van der Waals surface area contributed by atoms with Gasteiger partial charge in [-0.3, -0.25) is 0 Å². The second kappa shape index (κ2) is 6.71. The van der Waals surface area contributed by atoms with Crippen LogP contribution in [0.15, 0.2) is 60.8 Å². The van der Waals surface area contributed by atoms with Crippen LogP contribution in [0.25, 0.3) is 16.8 Å². The second-order valence-electron chi connectivity index (χ2n) is 5.78. The van der Waals surface area contributed by atoms with Crippen LogP contribution in [0.2, 0.25) is 0 Å². The van der Waals surface area contributed by atoms with Gasteiger partial charge in [0.15, 0.2) is 0 Å². The smallest absolute Gasteiger partial charge is 0.432 e. The highest BCUT2D eigenvalue weighted by molar-refractivity contribution is 5.99. The minimum absolute atomic E-state index is 0.174. The minimum atomic E-state index is -4.74. The molecule has 3 rings (SSSR count). The van der Waals surface area contributed by atoms with Crippen molar-refractivity contribution < 1.29 is 22.7 Å². The van der Waals surface area contributed by atoms with E-state index in [2.05, 4.69) is 4.74 Å². The Kier molecular flexibility index (Phi) is 4.59. The van der Waals surface area contributed by atoms with Gasteiger partial charge in [0.25, 0.3) is 0 Å². The van der Waals surface area contributed by atoms with Gasteiger partial charge < -0.3 is 9.30 Å². The molecule has 0 aliphatic heterocycles. The Balaban J connectivity index is 2.41. The average Bonchev–Trinajstić information content (AvgIpc) is 3.03. The molecule has 0 fully saturated rings. The number of hydrogen-bond acceptors (Lipinski definition) is 2. The molecule has 0 radical (unpaired) electrons. The molecular weight excluding hydrogens is 343 g/mol. The molecule has 2 aromatic carbocycles. The maximum absolute atomic E-state index is 13.9. The number of benzene rings is 2. The van der Waals surface area contributed by atoms with Crippen LogP contribution >= 0.6 is 0 Å². The van der Waals surface area contributed by atoms with Gasteiger partial charge in [-0.2, -0.15) is 13.2 Å². The molecule has 6 heteroatoms. The van der Waals surface area contributed by atoms with Crippen LogP contribution < -0.4 is 0 Å². The lowest BCUT2D eigenvalue weighted by atomic mass is 10.0. The third-order valence-corrected chi connectivity index (χ3v) is 4.12. The minimum Gasteiger partial charge on any atom is -0.465 e. The van der Waals surface area contributed by atoms with Gasteiger partial charge in [0, 0.05) is 17.4 Å². The molecule has 3 aromatic rings. The second-order valence-corrected chi connectivity index (χ2v) is 5.78. The average molecular weight is 359 g/mol.